The molecule has 0 amide bonds. The van der Waals surface area contributed by atoms with Crippen molar-refractivity contribution < 1.29 is 19.4 Å². The van der Waals surface area contributed by atoms with Crippen molar-refractivity contribution in [3.8, 4) is 0 Å². The average molecular weight is 210 g/mol. The van der Waals surface area contributed by atoms with Crippen LogP contribution in [0, 0.1) is 0 Å². The van der Waals surface area contributed by atoms with E-state index < -0.39 is 18.4 Å². The molecule has 1 rings (SSSR count). The number of carbonyl (C=O) groups excluding carboxylic acids is 1. The summed E-state index contributed by atoms with van der Waals surface area (Å²) in [6.07, 6.45) is -1.92. The predicted octanol–water partition coefficient (Wildman–Crippen LogP) is 1.26. The molecule has 0 aromatic heterocycles. The Hall–Kier alpha value is -1.39. The summed E-state index contributed by atoms with van der Waals surface area (Å²) in [5.74, 6) is -0.712. The van der Waals surface area contributed by atoms with Gasteiger partial charge in [-0.05, 0) is 12.5 Å². The van der Waals surface area contributed by atoms with Crippen LogP contribution in [0.25, 0.3) is 0 Å². The summed E-state index contributed by atoms with van der Waals surface area (Å²) in [7, 11) is 1.42. The second-order valence-corrected chi connectivity index (χ2v) is 3.05. The highest BCUT2D eigenvalue weighted by atomic mass is 16.7. The fourth-order valence-electron chi connectivity index (χ4n) is 1.05. The summed E-state index contributed by atoms with van der Waals surface area (Å²) < 4.78 is 9.56. The highest BCUT2D eigenvalue weighted by Gasteiger charge is 2.20. The molecule has 4 heteroatoms. The zero-order valence-corrected chi connectivity index (χ0v) is 8.71. The highest BCUT2D eigenvalue weighted by Crippen LogP contribution is 2.14. The number of methoxy groups -OCH3 is 1. The third kappa shape index (κ3) is 3.34. The van der Waals surface area contributed by atoms with Crippen molar-refractivity contribution in [3.63, 3.8) is 0 Å². The lowest BCUT2D eigenvalue weighted by atomic mass is 10.1. The maximum Gasteiger partial charge on any atom is 0.341 e. The van der Waals surface area contributed by atoms with Crippen LogP contribution in [0.3, 0.4) is 0 Å². The van der Waals surface area contributed by atoms with Gasteiger partial charge >= 0.3 is 5.97 Å². The quantitative estimate of drug-likeness (QED) is 0.600. The van der Waals surface area contributed by atoms with Crippen LogP contribution in [-0.2, 0) is 14.3 Å². The number of benzene rings is 1. The van der Waals surface area contributed by atoms with Crippen LogP contribution in [0.5, 0.6) is 0 Å². The van der Waals surface area contributed by atoms with Crippen LogP contribution >= 0.6 is 0 Å². The van der Waals surface area contributed by atoms with E-state index in [2.05, 4.69) is 0 Å². The predicted molar refractivity (Wildman–Crippen MR) is 54.0 cm³/mol. The molecule has 0 fully saturated rings. The summed E-state index contributed by atoms with van der Waals surface area (Å²) in [6, 6.07) is 8.60. The summed E-state index contributed by atoms with van der Waals surface area (Å²) >= 11 is 0. The van der Waals surface area contributed by atoms with Gasteiger partial charge in [-0.15, -0.1) is 0 Å². The minimum absolute atomic E-state index is 0.505. The zero-order chi connectivity index (χ0) is 11.3. The lowest BCUT2D eigenvalue weighted by Crippen LogP contribution is -2.22. The number of ether oxygens (including phenoxy) is 2. The molecule has 0 aliphatic carbocycles. The maximum atomic E-state index is 11.4. The monoisotopic (exact) mass is 210 g/mol. The molecule has 82 valence electrons. The van der Waals surface area contributed by atoms with Gasteiger partial charge in [-0.3, -0.25) is 0 Å². The van der Waals surface area contributed by atoms with E-state index in [1.165, 1.54) is 7.11 Å². The second kappa shape index (κ2) is 5.48. The molecule has 0 heterocycles. The molecule has 0 aliphatic rings. The summed E-state index contributed by atoms with van der Waals surface area (Å²) in [5.41, 5.74) is 0.505. The van der Waals surface area contributed by atoms with E-state index in [1.807, 2.05) is 0 Å². The lowest BCUT2D eigenvalue weighted by molar-refractivity contribution is -0.179. The van der Waals surface area contributed by atoms with Gasteiger partial charge in [-0.2, -0.15) is 0 Å². The first-order valence-electron chi connectivity index (χ1n) is 4.61. The zero-order valence-electron chi connectivity index (χ0n) is 8.71. The van der Waals surface area contributed by atoms with E-state index in [0.29, 0.717) is 5.56 Å². The molecule has 0 saturated heterocycles. The van der Waals surface area contributed by atoms with Crippen LogP contribution < -0.4 is 0 Å². The average Bonchev–Trinajstić information content (AvgIpc) is 2.29. The molecule has 1 aromatic rings. The van der Waals surface area contributed by atoms with E-state index in [4.69, 9.17) is 9.47 Å². The summed E-state index contributed by atoms with van der Waals surface area (Å²) in [5, 5.41) is 9.60. The number of carbonyl (C=O) groups is 1. The number of aliphatic hydroxyl groups excluding tert-OH is 1. The summed E-state index contributed by atoms with van der Waals surface area (Å²) in [6.45, 7) is 1.58. The molecule has 0 bridgehead atoms. The van der Waals surface area contributed by atoms with Crippen molar-refractivity contribution in [1.29, 1.82) is 0 Å². The molecular formula is C11H14O4. The minimum atomic E-state index is -1.26. The van der Waals surface area contributed by atoms with Gasteiger partial charge in [0.2, 0.25) is 0 Å². The molecule has 15 heavy (non-hydrogen) atoms. The summed E-state index contributed by atoms with van der Waals surface area (Å²) in [4.78, 5) is 11.4. The molecule has 0 radical (unpaired) electrons. The molecule has 4 nitrogen and oxygen atoms in total. The Bertz CT molecular complexity index is 310. The van der Waals surface area contributed by atoms with E-state index in [1.54, 1.807) is 37.3 Å². The standard InChI is InChI=1S/C11H14O4/c1-8(14-2)15-11(13)10(12)9-6-4-3-5-7-9/h3-8,10,12H,1-2H3. The second-order valence-electron chi connectivity index (χ2n) is 3.05. The van der Waals surface area contributed by atoms with E-state index in [9.17, 15) is 9.90 Å². The Kier molecular flexibility index (Phi) is 4.27. The fourth-order valence-corrected chi connectivity index (χ4v) is 1.05. The van der Waals surface area contributed by atoms with Gasteiger partial charge in [0.1, 0.15) is 0 Å². The number of hydrogen-bond acceptors (Lipinski definition) is 4. The Morgan fingerprint density at radius 2 is 1.93 bits per heavy atom. The van der Waals surface area contributed by atoms with Crippen molar-refractivity contribution in [3.05, 3.63) is 35.9 Å². The molecular weight excluding hydrogens is 196 g/mol. The number of rotatable bonds is 4. The molecule has 2 unspecified atom stereocenters. The van der Waals surface area contributed by atoms with Crippen molar-refractivity contribution in [1.82, 2.24) is 0 Å². The van der Waals surface area contributed by atoms with Crippen LogP contribution in [0.15, 0.2) is 30.3 Å². The van der Waals surface area contributed by atoms with Crippen LogP contribution in [0.1, 0.15) is 18.6 Å². The number of esters is 1. The SMILES string of the molecule is COC(C)OC(=O)C(O)c1ccccc1. The van der Waals surface area contributed by atoms with Crippen LogP contribution in [0.2, 0.25) is 0 Å². The highest BCUT2D eigenvalue weighted by molar-refractivity contribution is 5.76. The van der Waals surface area contributed by atoms with Crippen molar-refractivity contribution >= 4 is 5.97 Å². The molecule has 0 spiro atoms. The van der Waals surface area contributed by atoms with Crippen LogP contribution in [-0.4, -0.2) is 24.5 Å². The molecule has 2 atom stereocenters. The lowest BCUT2D eigenvalue weighted by Gasteiger charge is -2.14. The molecule has 1 N–H and O–H groups in total. The van der Waals surface area contributed by atoms with E-state index >= 15 is 0 Å². The van der Waals surface area contributed by atoms with E-state index in [-0.39, 0.29) is 0 Å². The molecule has 1 aromatic carbocycles. The maximum absolute atomic E-state index is 11.4. The first-order valence-corrected chi connectivity index (χ1v) is 4.61. The Labute approximate surface area is 88.4 Å². The third-order valence-corrected chi connectivity index (χ3v) is 1.95. The first kappa shape index (κ1) is 11.7. The Morgan fingerprint density at radius 1 is 1.33 bits per heavy atom. The van der Waals surface area contributed by atoms with Gasteiger partial charge in [0.25, 0.3) is 0 Å². The van der Waals surface area contributed by atoms with Gasteiger partial charge < -0.3 is 14.6 Å². The largest absolute Gasteiger partial charge is 0.434 e. The minimum Gasteiger partial charge on any atom is -0.434 e. The Morgan fingerprint density at radius 3 is 2.47 bits per heavy atom. The topological polar surface area (TPSA) is 55.8 Å². The van der Waals surface area contributed by atoms with Crippen LogP contribution in [0.4, 0.5) is 0 Å². The third-order valence-electron chi connectivity index (χ3n) is 1.95. The van der Waals surface area contributed by atoms with Gasteiger partial charge in [0, 0.05) is 7.11 Å². The van der Waals surface area contributed by atoms with Crippen molar-refractivity contribution in [2.45, 2.75) is 19.3 Å². The molecule has 0 saturated carbocycles. The smallest absolute Gasteiger partial charge is 0.341 e. The number of aliphatic hydroxyl groups is 1. The van der Waals surface area contributed by atoms with Crippen molar-refractivity contribution in [2.24, 2.45) is 0 Å². The van der Waals surface area contributed by atoms with Gasteiger partial charge in [-0.1, -0.05) is 30.3 Å². The van der Waals surface area contributed by atoms with Gasteiger partial charge in [-0.25, -0.2) is 4.79 Å². The van der Waals surface area contributed by atoms with Gasteiger partial charge in [0.05, 0.1) is 0 Å². The molecule has 0 aliphatic heterocycles. The number of hydrogen-bond donors (Lipinski definition) is 1. The van der Waals surface area contributed by atoms with Crippen molar-refractivity contribution in [2.75, 3.05) is 7.11 Å². The van der Waals surface area contributed by atoms with E-state index in [0.717, 1.165) is 0 Å². The normalized spacial score (nSPS) is 14.3. The fraction of sp³-hybridized carbons (Fsp3) is 0.364. The first-order chi connectivity index (χ1) is 7.15. The Balaban J connectivity index is 2.61. The van der Waals surface area contributed by atoms with Gasteiger partial charge in [0.15, 0.2) is 12.4 Å².